The van der Waals surface area contributed by atoms with Crippen molar-refractivity contribution in [3.05, 3.63) is 35.1 Å². The number of hydrogen-bond donors (Lipinski definition) is 0. The first-order valence-corrected chi connectivity index (χ1v) is 6.21. The highest BCUT2D eigenvalue weighted by molar-refractivity contribution is 5.47. The van der Waals surface area contributed by atoms with Crippen LogP contribution in [0.25, 0.3) is 0 Å². The normalized spacial score (nSPS) is 32.6. The number of rotatable bonds is 1. The Morgan fingerprint density at radius 2 is 2.31 bits per heavy atom. The van der Waals surface area contributed by atoms with Gasteiger partial charge in [0.2, 0.25) is 0 Å². The molecule has 1 aliphatic carbocycles. The van der Waals surface area contributed by atoms with Gasteiger partial charge in [0.05, 0.1) is 0 Å². The van der Waals surface area contributed by atoms with Crippen LogP contribution >= 0.6 is 0 Å². The summed E-state index contributed by atoms with van der Waals surface area (Å²) in [6.07, 6.45) is 10.9. The second kappa shape index (κ2) is 3.77. The molecule has 1 saturated heterocycles. The fourth-order valence-electron chi connectivity index (χ4n) is 3.09. The monoisotopic (exact) mass is 217 g/mol. The molecule has 86 valence electrons. The van der Waals surface area contributed by atoms with E-state index < -0.39 is 0 Å². The summed E-state index contributed by atoms with van der Waals surface area (Å²) in [5.74, 6) is 0.554. The van der Waals surface area contributed by atoms with Crippen LogP contribution < -0.4 is 0 Å². The second-order valence-corrected chi connectivity index (χ2v) is 4.98. The van der Waals surface area contributed by atoms with Gasteiger partial charge in [0.25, 0.3) is 0 Å². The minimum atomic E-state index is 0.273. The largest absolute Gasteiger partial charge is 0.361 e. The third-order valence-electron chi connectivity index (χ3n) is 3.82. The fraction of sp³-hybridized carbons (Fsp3) is 0.571. The van der Waals surface area contributed by atoms with E-state index in [1.807, 2.05) is 7.11 Å². The van der Waals surface area contributed by atoms with Crippen molar-refractivity contribution >= 4 is 0 Å². The van der Waals surface area contributed by atoms with Gasteiger partial charge in [-0.1, -0.05) is 25.2 Å². The van der Waals surface area contributed by atoms with Crippen molar-refractivity contribution in [1.82, 2.24) is 4.90 Å². The maximum Gasteiger partial charge on any atom is 0.133 e. The fourth-order valence-corrected chi connectivity index (χ4v) is 3.09. The van der Waals surface area contributed by atoms with E-state index in [9.17, 15) is 0 Å². The third-order valence-corrected chi connectivity index (χ3v) is 3.82. The molecule has 0 aromatic carbocycles. The van der Waals surface area contributed by atoms with E-state index in [1.54, 1.807) is 0 Å². The summed E-state index contributed by atoms with van der Waals surface area (Å²) in [5, 5.41) is 0. The van der Waals surface area contributed by atoms with E-state index in [-0.39, 0.29) is 6.23 Å². The first-order chi connectivity index (χ1) is 7.79. The number of hydrogen-bond acceptors (Lipinski definition) is 2. The van der Waals surface area contributed by atoms with Crippen LogP contribution in [0.3, 0.4) is 0 Å². The van der Waals surface area contributed by atoms with Crippen LogP contribution in [-0.4, -0.2) is 24.8 Å². The molecule has 2 heterocycles. The van der Waals surface area contributed by atoms with Crippen LogP contribution in [0.2, 0.25) is 0 Å². The van der Waals surface area contributed by atoms with Crippen molar-refractivity contribution in [3.63, 3.8) is 0 Å². The lowest BCUT2D eigenvalue weighted by Gasteiger charge is -2.31. The second-order valence-electron chi connectivity index (χ2n) is 4.98. The van der Waals surface area contributed by atoms with Crippen LogP contribution in [-0.2, 0) is 4.74 Å². The Hall–Kier alpha value is -1.02. The maximum atomic E-state index is 5.59. The van der Waals surface area contributed by atoms with Gasteiger partial charge in [-0.2, -0.15) is 0 Å². The van der Waals surface area contributed by atoms with E-state index in [0.29, 0.717) is 5.92 Å². The van der Waals surface area contributed by atoms with Gasteiger partial charge < -0.3 is 9.64 Å². The van der Waals surface area contributed by atoms with Crippen molar-refractivity contribution in [1.29, 1.82) is 0 Å². The van der Waals surface area contributed by atoms with E-state index in [4.69, 9.17) is 4.74 Å². The molecule has 2 atom stereocenters. The molecule has 0 aromatic rings. The van der Waals surface area contributed by atoms with E-state index in [0.717, 1.165) is 13.0 Å². The smallest absolute Gasteiger partial charge is 0.133 e. The van der Waals surface area contributed by atoms with Gasteiger partial charge in [0, 0.05) is 25.8 Å². The number of allylic oxidation sites excluding steroid dienone is 5. The molecule has 0 aromatic heterocycles. The van der Waals surface area contributed by atoms with Crippen molar-refractivity contribution in [2.24, 2.45) is 5.92 Å². The zero-order valence-corrected chi connectivity index (χ0v) is 10.1. The Labute approximate surface area is 97.3 Å². The topological polar surface area (TPSA) is 12.5 Å². The van der Waals surface area contributed by atoms with E-state index in [1.165, 1.54) is 29.7 Å². The quantitative estimate of drug-likeness (QED) is 0.669. The van der Waals surface area contributed by atoms with Gasteiger partial charge >= 0.3 is 0 Å². The van der Waals surface area contributed by atoms with Gasteiger partial charge in [0.1, 0.15) is 6.23 Å². The molecule has 2 unspecified atom stereocenters. The Balaban J connectivity index is 2.08. The van der Waals surface area contributed by atoms with Gasteiger partial charge in [-0.15, -0.1) is 0 Å². The molecule has 0 saturated carbocycles. The van der Waals surface area contributed by atoms with Crippen LogP contribution in [0.5, 0.6) is 0 Å². The van der Waals surface area contributed by atoms with Crippen molar-refractivity contribution < 1.29 is 4.74 Å². The van der Waals surface area contributed by atoms with Crippen molar-refractivity contribution in [3.8, 4) is 0 Å². The van der Waals surface area contributed by atoms with Crippen LogP contribution in [0.1, 0.15) is 26.2 Å². The molecule has 1 fully saturated rings. The summed E-state index contributed by atoms with van der Waals surface area (Å²) in [7, 11) is 1.82. The molecule has 2 aliphatic heterocycles. The summed E-state index contributed by atoms with van der Waals surface area (Å²) < 4.78 is 5.59. The van der Waals surface area contributed by atoms with E-state index in [2.05, 4.69) is 30.1 Å². The zero-order valence-electron chi connectivity index (χ0n) is 10.1. The lowest BCUT2D eigenvalue weighted by Crippen LogP contribution is -2.33. The summed E-state index contributed by atoms with van der Waals surface area (Å²) in [6, 6.07) is 0. The molecular formula is C14H19NO. The highest BCUT2D eigenvalue weighted by atomic mass is 16.5. The molecule has 0 bridgehead atoms. The molecule has 3 rings (SSSR count). The van der Waals surface area contributed by atoms with Gasteiger partial charge in [-0.25, -0.2) is 0 Å². The first-order valence-electron chi connectivity index (χ1n) is 6.21. The number of methoxy groups -OCH3 is 1. The maximum absolute atomic E-state index is 5.59. The lowest BCUT2D eigenvalue weighted by atomic mass is 10.0. The summed E-state index contributed by atoms with van der Waals surface area (Å²) in [6.45, 7) is 3.41. The van der Waals surface area contributed by atoms with Gasteiger partial charge in [-0.05, 0) is 29.9 Å². The number of ether oxygens (including phenoxy) is 1. The Morgan fingerprint density at radius 1 is 1.44 bits per heavy atom. The molecule has 0 radical (unpaired) electrons. The van der Waals surface area contributed by atoms with Crippen LogP contribution in [0, 0.1) is 5.92 Å². The molecule has 0 N–H and O–H groups in total. The minimum Gasteiger partial charge on any atom is -0.361 e. The highest BCUT2D eigenvalue weighted by Crippen LogP contribution is 2.41. The molecular weight excluding hydrogens is 198 g/mol. The minimum absolute atomic E-state index is 0.273. The summed E-state index contributed by atoms with van der Waals surface area (Å²) in [5.41, 5.74) is 4.49. The molecule has 2 nitrogen and oxygen atoms in total. The number of nitrogens with zero attached hydrogens (tertiary/aromatic N) is 1. The zero-order chi connectivity index (χ0) is 11.1. The standard InChI is InChI=1S/C14H19NO/c1-10-5-6-11-4-3-7-15-13(16-2)9-12(8-10)14(11)15/h5-6,8,10,13H,3-4,7,9H2,1-2H3. The van der Waals surface area contributed by atoms with Crippen LogP contribution in [0.4, 0.5) is 0 Å². The molecule has 2 heteroatoms. The van der Waals surface area contributed by atoms with Gasteiger partial charge in [0.15, 0.2) is 0 Å². The van der Waals surface area contributed by atoms with Crippen LogP contribution in [0.15, 0.2) is 35.1 Å². The molecule has 0 spiro atoms. The van der Waals surface area contributed by atoms with Gasteiger partial charge in [-0.3, -0.25) is 0 Å². The van der Waals surface area contributed by atoms with Crippen molar-refractivity contribution in [2.45, 2.75) is 32.4 Å². The third kappa shape index (κ3) is 1.44. The molecule has 3 aliphatic rings. The Morgan fingerprint density at radius 3 is 3.12 bits per heavy atom. The predicted molar refractivity (Wildman–Crippen MR) is 64.8 cm³/mol. The average molecular weight is 217 g/mol. The first kappa shape index (κ1) is 10.2. The SMILES string of the molecule is COC1CC2=CC(C)C=CC3=C2N1CCC3. The predicted octanol–water partition coefficient (Wildman–Crippen LogP) is 2.84. The average Bonchev–Trinajstić information content (AvgIpc) is 2.56. The highest BCUT2D eigenvalue weighted by Gasteiger charge is 2.35. The summed E-state index contributed by atoms with van der Waals surface area (Å²) >= 11 is 0. The molecule has 16 heavy (non-hydrogen) atoms. The van der Waals surface area contributed by atoms with E-state index >= 15 is 0 Å². The Bertz CT molecular complexity index is 392. The summed E-state index contributed by atoms with van der Waals surface area (Å²) in [4.78, 5) is 2.45. The lowest BCUT2D eigenvalue weighted by molar-refractivity contribution is 0.00495. The Kier molecular flexibility index (Phi) is 2.40. The van der Waals surface area contributed by atoms with Crippen molar-refractivity contribution in [2.75, 3.05) is 13.7 Å². The molecule has 0 amide bonds.